The van der Waals surface area contributed by atoms with Crippen molar-refractivity contribution in [2.24, 2.45) is 0 Å². The van der Waals surface area contributed by atoms with Crippen LogP contribution >= 0.6 is 0 Å². The molecule has 0 saturated carbocycles. The normalized spacial score (nSPS) is 10.0. The SMILES string of the molecule is Nc1c(-c2ccncc2)cc[nH]c1=O. The van der Waals surface area contributed by atoms with Gasteiger partial charge >= 0.3 is 0 Å². The molecule has 2 heterocycles. The van der Waals surface area contributed by atoms with Gasteiger partial charge < -0.3 is 10.7 Å². The van der Waals surface area contributed by atoms with E-state index in [0.29, 0.717) is 0 Å². The molecule has 0 fully saturated rings. The van der Waals surface area contributed by atoms with E-state index in [-0.39, 0.29) is 11.2 Å². The Kier molecular flexibility index (Phi) is 2.02. The standard InChI is InChI=1S/C10H9N3O/c11-9-8(3-6-13-10(9)14)7-1-4-12-5-2-7/h1-6H,11H2,(H,13,14). The Morgan fingerprint density at radius 1 is 1.21 bits per heavy atom. The Bertz CT molecular complexity index is 490. The Balaban J connectivity index is 2.64. The van der Waals surface area contributed by atoms with Crippen molar-refractivity contribution in [3.63, 3.8) is 0 Å². The van der Waals surface area contributed by atoms with E-state index in [1.165, 1.54) is 0 Å². The zero-order chi connectivity index (χ0) is 9.97. The minimum atomic E-state index is -0.265. The summed E-state index contributed by atoms with van der Waals surface area (Å²) in [6, 6.07) is 5.39. The number of anilines is 1. The predicted molar refractivity (Wildman–Crippen MR) is 54.7 cm³/mol. The summed E-state index contributed by atoms with van der Waals surface area (Å²) in [5, 5.41) is 0. The third kappa shape index (κ3) is 1.37. The van der Waals surface area contributed by atoms with Crippen LogP contribution in [0.15, 0.2) is 41.6 Å². The van der Waals surface area contributed by atoms with E-state index >= 15 is 0 Å². The lowest BCUT2D eigenvalue weighted by molar-refractivity contribution is 1.24. The molecule has 0 aliphatic carbocycles. The fourth-order valence-corrected chi connectivity index (χ4v) is 1.27. The topological polar surface area (TPSA) is 71.8 Å². The first-order chi connectivity index (χ1) is 6.79. The second-order valence-corrected chi connectivity index (χ2v) is 2.87. The van der Waals surface area contributed by atoms with Crippen LogP contribution in [0.25, 0.3) is 11.1 Å². The van der Waals surface area contributed by atoms with Crippen LogP contribution in [0.3, 0.4) is 0 Å². The van der Waals surface area contributed by atoms with Crippen LogP contribution in [-0.4, -0.2) is 9.97 Å². The first-order valence-electron chi connectivity index (χ1n) is 4.16. The van der Waals surface area contributed by atoms with Crippen molar-refractivity contribution in [2.75, 3.05) is 5.73 Å². The molecule has 2 aromatic rings. The third-order valence-corrected chi connectivity index (χ3v) is 1.99. The van der Waals surface area contributed by atoms with E-state index in [1.807, 2.05) is 12.1 Å². The quantitative estimate of drug-likeness (QED) is 0.700. The number of nitrogens with two attached hydrogens (primary N) is 1. The zero-order valence-corrected chi connectivity index (χ0v) is 7.40. The number of hydrogen-bond acceptors (Lipinski definition) is 3. The number of pyridine rings is 2. The maximum Gasteiger partial charge on any atom is 0.271 e. The lowest BCUT2D eigenvalue weighted by atomic mass is 10.1. The number of hydrogen-bond donors (Lipinski definition) is 2. The lowest BCUT2D eigenvalue weighted by Gasteiger charge is -2.02. The highest BCUT2D eigenvalue weighted by atomic mass is 16.1. The van der Waals surface area contributed by atoms with Gasteiger partial charge in [0, 0.05) is 24.2 Å². The van der Waals surface area contributed by atoms with Crippen molar-refractivity contribution < 1.29 is 0 Å². The number of nitrogen functional groups attached to an aromatic ring is 1. The summed E-state index contributed by atoms with van der Waals surface area (Å²) in [5.41, 5.74) is 7.25. The minimum absolute atomic E-state index is 0.235. The molecule has 70 valence electrons. The second-order valence-electron chi connectivity index (χ2n) is 2.87. The summed E-state index contributed by atoms with van der Waals surface area (Å²) in [6.45, 7) is 0. The predicted octanol–water partition coefficient (Wildman–Crippen LogP) is 1.02. The van der Waals surface area contributed by atoms with Crippen LogP contribution in [0.5, 0.6) is 0 Å². The third-order valence-electron chi connectivity index (χ3n) is 1.99. The Hall–Kier alpha value is -2.10. The number of H-pyrrole nitrogens is 1. The molecule has 0 bridgehead atoms. The van der Waals surface area contributed by atoms with E-state index < -0.39 is 0 Å². The van der Waals surface area contributed by atoms with Gasteiger partial charge in [0.2, 0.25) is 0 Å². The van der Waals surface area contributed by atoms with E-state index in [2.05, 4.69) is 9.97 Å². The Morgan fingerprint density at radius 3 is 2.64 bits per heavy atom. The van der Waals surface area contributed by atoms with Crippen LogP contribution in [0.4, 0.5) is 5.69 Å². The van der Waals surface area contributed by atoms with Gasteiger partial charge in [-0.2, -0.15) is 0 Å². The van der Waals surface area contributed by atoms with Crippen molar-refractivity contribution >= 4 is 5.69 Å². The van der Waals surface area contributed by atoms with Crippen molar-refractivity contribution in [3.8, 4) is 11.1 Å². The maximum absolute atomic E-state index is 11.2. The molecule has 0 atom stereocenters. The van der Waals surface area contributed by atoms with Gasteiger partial charge in [-0.3, -0.25) is 9.78 Å². The highest BCUT2D eigenvalue weighted by Crippen LogP contribution is 2.20. The Labute approximate surface area is 80.4 Å². The van der Waals surface area contributed by atoms with Gasteiger partial charge in [0.25, 0.3) is 5.56 Å². The molecular weight excluding hydrogens is 178 g/mol. The van der Waals surface area contributed by atoms with Crippen molar-refractivity contribution in [1.29, 1.82) is 0 Å². The summed E-state index contributed by atoms with van der Waals surface area (Å²) in [6.07, 6.45) is 4.90. The first-order valence-corrected chi connectivity index (χ1v) is 4.16. The molecule has 2 aromatic heterocycles. The second kappa shape index (κ2) is 3.33. The molecule has 2 rings (SSSR count). The van der Waals surface area contributed by atoms with Crippen LogP contribution < -0.4 is 11.3 Å². The smallest absolute Gasteiger partial charge is 0.271 e. The van der Waals surface area contributed by atoms with E-state index in [0.717, 1.165) is 11.1 Å². The molecule has 4 nitrogen and oxygen atoms in total. The summed E-state index contributed by atoms with van der Waals surface area (Å²) < 4.78 is 0. The van der Waals surface area contributed by atoms with Gasteiger partial charge in [-0.05, 0) is 23.8 Å². The summed E-state index contributed by atoms with van der Waals surface area (Å²) >= 11 is 0. The molecule has 0 aromatic carbocycles. The van der Waals surface area contributed by atoms with Gasteiger partial charge in [0.05, 0.1) is 0 Å². The van der Waals surface area contributed by atoms with E-state index in [1.54, 1.807) is 24.7 Å². The molecule has 3 N–H and O–H groups in total. The van der Waals surface area contributed by atoms with Crippen LogP contribution in [-0.2, 0) is 0 Å². The highest BCUT2D eigenvalue weighted by molar-refractivity contribution is 5.74. The largest absolute Gasteiger partial charge is 0.394 e. The molecule has 0 saturated heterocycles. The monoisotopic (exact) mass is 187 g/mol. The van der Waals surface area contributed by atoms with E-state index in [9.17, 15) is 4.79 Å². The fraction of sp³-hybridized carbons (Fsp3) is 0. The van der Waals surface area contributed by atoms with Gasteiger partial charge in [-0.25, -0.2) is 0 Å². The number of aromatic amines is 1. The van der Waals surface area contributed by atoms with Crippen molar-refractivity contribution in [2.45, 2.75) is 0 Å². The molecule has 0 radical (unpaired) electrons. The first kappa shape index (κ1) is 8.50. The van der Waals surface area contributed by atoms with Crippen molar-refractivity contribution in [3.05, 3.63) is 47.1 Å². The zero-order valence-electron chi connectivity index (χ0n) is 7.40. The minimum Gasteiger partial charge on any atom is -0.394 e. The molecule has 14 heavy (non-hydrogen) atoms. The summed E-state index contributed by atoms with van der Waals surface area (Å²) in [5.74, 6) is 0. The fourth-order valence-electron chi connectivity index (χ4n) is 1.27. The molecule has 0 spiro atoms. The molecule has 0 aliphatic heterocycles. The van der Waals surface area contributed by atoms with Gasteiger partial charge in [-0.15, -0.1) is 0 Å². The average Bonchev–Trinajstić information content (AvgIpc) is 2.23. The summed E-state index contributed by atoms with van der Waals surface area (Å²) in [7, 11) is 0. The summed E-state index contributed by atoms with van der Waals surface area (Å²) in [4.78, 5) is 17.6. The molecule has 0 aliphatic rings. The van der Waals surface area contributed by atoms with Crippen LogP contribution in [0.2, 0.25) is 0 Å². The Morgan fingerprint density at radius 2 is 1.93 bits per heavy atom. The highest BCUT2D eigenvalue weighted by Gasteiger charge is 2.03. The van der Waals surface area contributed by atoms with Gasteiger partial charge in [-0.1, -0.05) is 0 Å². The number of nitrogens with one attached hydrogen (secondary N) is 1. The number of nitrogens with zero attached hydrogens (tertiary/aromatic N) is 1. The van der Waals surface area contributed by atoms with Gasteiger partial charge in [0.15, 0.2) is 0 Å². The van der Waals surface area contributed by atoms with Crippen LogP contribution in [0.1, 0.15) is 0 Å². The lowest BCUT2D eigenvalue weighted by Crippen LogP contribution is -2.11. The number of rotatable bonds is 1. The van der Waals surface area contributed by atoms with E-state index in [4.69, 9.17) is 5.73 Å². The molecule has 0 unspecified atom stereocenters. The molecular formula is C10H9N3O. The molecule has 0 amide bonds. The maximum atomic E-state index is 11.2. The molecule has 4 heteroatoms. The van der Waals surface area contributed by atoms with Crippen LogP contribution in [0, 0.1) is 0 Å². The number of aromatic nitrogens is 2. The van der Waals surface area contributed by atoms with Crippen molar-refractivity contribution in [1.82, 2.24) is 9.97 Å². The van der Waals surface area contributed by atoms with Gasteiger partial charge in [0.1, 0.15) is 5.69 Å². The average molecular weight is 187 g/mol.